The average molecular weight is 204 g/mol. The maximum atomic E-state index is 11.7. The highest BCUT2D eigenvalue weighted by Gasteiger charge is 2.21. The van der Waals surface area contributed by atoms with Gasteiger partial charge in [0, 0.05) is 17.8 Å². The lowest BCUT2D eigenvalue weighted by Crippen LogP contribution is -2.25. The Morgan fingerprint density at radius 3 is 2.87 bits per heavy atom. The van der Waals surface area contributed by atoms with Crippen molar-refractivity contribution in [3.8, 4) is 0 Å². The second-order valence-electron chi connectivity index (χ2n) is 4.22. The Morgan fingerprint density at radius 2 is 2.27 bits per heavy atom. The van der Waals surface area contributed by atoms with Gasteiger partial charge in [-0.2, -0.15) is 0 Å². The first kappa shape index (κ1) is 10.0. The smallest absolute Gasteiger partial charge is 0.251 e. The molecule has 2 rings (SSSR count). The number of anilines is 1. The van der Waals surface area contributed by atoms with Gasteiger partial charge in [-0.05, 0) is 43.4 Å². The van der Waals surface area contributed by atoms with Gasteiger partial charge in [-0.3, -0.25) is 4.79 Å². The quantitative estimate of drug-likeness (QED) is 0.736. The molecule has 1 saturated carbocycles. The minimum atomic E-state index is -0.0198. The van der Waals surface area contributed by atoms with Crippen molar-refractivity contribution >= 4 is 11.6 Å². The van der Waals surface area contributed by atoms with E-state index in [-0.39, 0.29) is 5.91 Å². The van der Waals surface area contributed by atoms with Gasteiger partial charge in [0.25, 0.3) is 5.91 Å². The molecule has 0 aliphatic heterocycles. The van der Waals surface area contributed by atoms with Gasteiger partial charge in [0.15, 0.2) is 0 Å². The van der Waals surface area contributed by atoms with Gasteiger partial charge in [-0.15, -0.1) is 0 Å². The molecule has 3 N–H and O–H groups in total. The Balaban J connectivity index is 2.00. The monoisotopic (exact) mass is 204 g/mol. The van der Waals surface area contributed by atoms with E-state index in [1.807, 2.05) is 19.1 Å². The topological polar surface area (TPSA) is 55.1 Å². The van der Waals surface area contributed by atoms with Crippen LogP contribution in [-0.4, -0.2) is 12.5 Å². The molecule has 1 aromatic rings. The molecule has 0 atom stereocenters. The molecule has 15 heavy (non-hydrogen) atoms. The third-order valence-corrected chi connectivity index (χ3v) is 2.79. The normalized spacial score (nSPS) is 15.0. The van der Waals surface area contributed by atoms with E-state index in [9.17, 15) is 4.79 Å². The maximum absolute atomic E-state index is 11.7. The van der Waals surface area contributed by atoms with Gasteiger partial charge in [0.2, 0.25) is 0 Å². The predicted octanol–water partition coefficient (Wildman–Crippen LogP) is 1.72. The van der Waals surface area contributed by atoms with E-state index in [0.29, 0.717) is 17.2 Å². The summed E-state index contributed by atoms with van der Waals surface area (Å²) in [6.45, 7) is 2.73. The van der Waals surface area contributed by atoms with E-state index in [0.717, 1.165) is 12.1 Å². The van der Waals surface area contributed by atoms with E-state index in [2.05, 4.69) is 5.32 Å². The first-order chi connectivity index (χ1) is 7.16. The lowest BCUT2D eigenvalue weighted by atomic mass is 10.1. The largest absolute Gasteiger partial charge is 0.398 e. The number of benzene rings is 1. The minimum absolute atomic E-state index is 0.0198. The van der Waals surface area contributed by atoms with E-state index >= 15 is 0 Å². The zero-order valence-corrected chi connectivity index (χ0v) is 8.92. The van der Waals surface area contributed by atoms with Gasteiger partial charge in [-0.25, -0.2) is 0 Å². The van der Waals surface area contributed by atoms with E-state index in [1.54, 1.807) is 6.07 Å². The van der Waals surface area contributed by atoms with Crippen molar-refractivity contribution in [3.05, 3.63) is 29.3 Å². The Morgan fingerprint density at radius 1 is 1.53 bits per heavy atom. The highest BCUT2D eigenvalue weighted by Crippen LogP contribution is 2.27. The van der Waals surface area contributed by atoms with Crippen LogP contribution >= 0.6 is 0 Å². The minimum Gasteiger partial charge on any atom is -0.398 e. The zero-order valence-electron chi connectivity index (χ0n) is 8.92. The molecule has 0 spiro atoms. The number of aryl methyl sites for hydroxylation is 1. The molecule has 0 unspecified atom stereocenters. The molecule has 1 amide bonds. The second kappa shape index (κ2) is 3.93. The molecule has 1 aromatic carbocycles. The van der Waals surface area contributed by atoms with Crippen molar-refractivity contribution in [1.82, 2.24) is 5.32 Å². The Hall–Kier alpha value is -1.51. The number of carbonyl (C=O) groups is 1. The number of carbonyl (C=O) groups excluding carboxylic acids is 1. The van der Waals surface area contributed by atoms with Gasteiger partial charge in [0.05, 0.1) is 0 Å². The molecule has 0 bridgehead atoms. The van der Waals surface area contributed by atoms with E-state index < -0.39 is 0 Å². The van der Waals surface area contributed by atoms with Crippen LogP contribution in [0, 0.1) is 12.8 Å². The summed E-state index contributed by atoms with van der Waals surface area (Å²) in [5.41, 5.74) is 8.08. The van der Waals surface area contributed by atoms with Crippen LogP contribution < -0.4 is 11.1 Å². The number of nitrogens with two attached hydrogens (primary N) is 1. The van der Waals surface area contributed by atoms with Gasteiger partial charge >= 0.3 is 0 Å². The Bertz CT molecular complexity index is 383. The second-order valence-corrected chi connectivity index (χ2v) is 4.22. The number of nitrogen functional groups attached to an aromatic ring is 1. The van der Waals surface area contributed by atoms with Crippen LogP contribution in [0.5, 0.6) is 0 Å². The molecule has 0 heterocycles. The summed E-state index contributed by atoms with van der Waals surface area (Å²) in [6, 6.07) is 5.42. The average Bonchev–Trinajstić information content (AvgIpc) is 3.02. The summed E-state index contributed by atoms with van der Waals surface area (Å²) in [7, 11) is 0. The molecule has 0 saturated heterocycles. The number of hydrogen-bond acceptors (Lipinski definition) is 2. The SMILES string of the molecule is Cc1ccc(C(=O)NCC2CC2)cc1N. The van der Waals surface area contributed by atoms with Crippen LogP contribution in [0.2, 0.25) is 0 Å². The summed E-state index contributed by atoms with van der Waals surface area (Å²) in [4.78, 5) is 11.7. The van der Waals surface area contributed by atoms with Gasteiger partial charge in [0.1, 0.15) is 0 Å². The number of rotatable bonds is 3. The fraction of sp³-hybridized carbons (Fsp3) is 0.417. The van der Waals surface area contributed by atoms with Crippen LogP contribution in [0.4, 0.5) is 5.69 Å². The third kappa shape index (κ3) is 2.49. The van der Waals surface area contributed by atoms with Crippen LogP contribution in [0.25, 0.3) is 0 Å². The molecule has 80 valence electrons. The molecule has 1 fully saturated rings. The predicted molar refractivity (Wildman–Crippen MR) is 60.6 cm³/mol. The molecular weight excluding hydrogens is 188 g/mol. The van der Waals surface area contributed by atoms with Gasteiger partial charge < -0.3 is 11.1 Å². The Labute approximate surface area is 89.7 Å². The first-order valence-electron chi connectivity index (χ1n) is 5.31. The molecule has 1 aliphatic carbocycles. The lowest BCUT2D eigenvalue weighted by molar-refractivity contribution is 0.0952. The summed E-state index contributed by atoms with van der Waals surface area (Å²) in [6.07, 6.45) is 2.49. The highest BCUT2D eigenvalue weighted by molar-refractivity contribution is 5.95. The lowest BCUT2D eigenvalue weighted by Gasteiger charge is -2.06. The summed E-state index contributed by atoms with van der Waals surface area (Å²) in [5, 5.41) is 2.91. The summed E-state index contributed by atoms with van der Waals surface area (Å²) < 4.78 is 0. The van der Waals surface area contributed by atoms with Crippen molar-refractivity contribution in [1.29, 1.82) is 0 Å². The van der Waals surface area contributed by atoms with Crippen molar-refractivity contribution in [2.24, 2.45) is 5.92 Å². The van der Waals surface area contributed by atoms with Crippen LogP contribution in [0.15, 0.2) is 18.2 Å². The summed E-state index contributed by atoms with van der Waals surface area (Å²) in [5.74, 6) is 0.686. The molecule has 0 aromatic heterocycles. The van der Waals surface area contributed by atoms with Crippen molar-refractivity contribution < 1.29 is 4.79 Å². The number of amides is 1. The molecule has 3 heteroatoms. The number of hydrogen-bond donors (Lipinski definition) is 2. The van der Waals surface area contributed by atoms with Crippen molar-refractivity contribution in [2.45, 2.75) is 19.8 Å². The van der Waals surface area contributed by atoms with Crippen LogP contribution in [0.1, 0.15) is 28.8 Å². The van der Waals surface area contributed by atoms with Crippen LogP contribution in [-0.2, 0) is 0 Å². The highest BCUT2D eigenvalue weighted by atomic mass is 16.1. The van der Waals surface area contributed by atoms with E-state index in [1.165, 1.54) is 12.8 Å². The third-order valence-electron chi connectivity index (χ3n) is 2.79. The fourth-order valence-electron chi connectivity index (χ4n) is 1.44. The molecule has 0 radical (unpaired) electrons. The maximum Gasteiger partial charge on any atom is 0.251 e. The standard InChI is InChI=1S/C12H16N2O/c1-8-2-5-10(6-11(8)13)12(15)14-7-9-3-4-9/h2,5-6,9H,3-4,7,13H2,1H3,(H,14,15). The van der Waals surface area contributed by atoms with Crippen LogP contribution in [0.3, 0.4) is 0 Å². The molecule has 3 nitrogen and oxygen atoms in total. The Kier molecular flexibility index (Phi) is 2.62. The van der Waals surface area contributed by atoms with Crippen molar-refractivity contribution in [3.63, 3.8) is 0 Å². The van der Waals surface area contributed by atoms with Crippen molar-refractivity contribution in [2.75, 3.05) is 12.3 Å². The fourth-order valence-corrected chi connectivity index (χ4v) is 1.44. The first-order valence-corrected chi connectivity index (χ1v) is 5.31. The molecular formula is C12H16N2O. The molecule has 1 aliphatic rings. The zero-order chi connectivity index (χ0) is 10.8. The number of nitrogens with one attached hydrogen (secondary N) is 1. The van der Waals surface area contributed by atoms with Gasteiger partial charge in [-0.1, -0.05) is 6.07 Å². The van der Waals surface area contributed by atoms with E-state index in [4.69, 9.17) is 5.73 Å². The summed E-state index contributed by atoms with van der Waals surface area (Å²) >= 11 is 0.